The van der Waals surface area contributed by atoms with Crippen LogP contribution >= 0.6 is 0 Å². The molecule has 1 aliphatic rings. The third-order valence-electron chi connectivity index (χ3n) is 3.58. The number of nitro benzene ring substituents is 1. The molecule has 98 valence electrons. The fourth-order valence-corrected chi connectivity index (χ4v) is 2.17. The van der Waals surface area contributed by atoms with Crippen molar-refractivity contribution in [2.75, 3.05) is 17.3 Å². The predicted octanol–water partition coefficient (Wildman–Crippen LogP) is 2.48. The van der Waals surface area contributed by atoms with Gasteiger partial charge in [0.1, 0.15) is 0 Å². The van der Waals surface area contributed by atoms with Gasteiger partial charge in [0.05, 0.1) is 10.6 Å². The number of nitrogens with two attached hydrogens (primary N) is 1. The van der Waals surface area contributed by atoms with Crippen LogP contribution in [0.2, 0.25) is 0 Å². The number of hydrogen-bond acceptors (Lipinski definition) is 5. The van der Waals surface area contributed by atoms with Gasteiger partial charge in [-0.1, -0.05) is 13.3 Å². The Bertz CT molecular complexity index is 457. The van der Waals surface area contributed by atoms with Crippen molar-refractivity contribution >= 4 is 17.1 Å². The molecule has 0 amide bonds. The molecule has 0 atom stereocenters. The van der Waals surface area contributed by atoms with Crippen LogP contribution in [0.1, 0.15) is 26.2 Å². The Hall–Kier alpha value is -1.82. The Balaban J connectivity index is 2.11. The highest BCUT2D eigenvalue weighted by molar-refractivity contribution is 5.63. The molecule has 1 aromatic carbocycles. The largest absolute Gasteiger partial charge is 0.384 e. The van der Waals surface area contributed by atoms with Crippen LogP contribution in [0.5, 0.6) is 0 Å². The maximum absolute atomic E-state index is 10.8. The third kappa shape index (κ3) is 2.70. The van der Waals surface area contributed by atoms with Crippen LogP contribution in [-0.4, -0.2) is 11.5 Å². The number of nitrogen functional groups attached to an aromatic ring is 1. The quantitative estimate of drug-likeness (QED) is 0.424. The normalized spacial score (nSPS) is 16.8. The lowest BCUT2D eigenvalue weighted by Crippen LogP contribution is -2.33. The van der Waals surface area contributed by atoms with Gasteiger partial charge >= 0.3 is 0 Å². The van der Waals surface area contributed by atoms with Gasteiger partial charge in [-0.2, -0.15) is 0 Å². The van der Waals surface area contributed by atoms with Crippen molar-refractivity contribution in [1.29, 1.82) is 0 Å². The minimum Gasteiger partial charge on any atom is -0.384 e. The summed E-state index contributed by atoms with van der Waals surface area (Å²) in [6.07, 6.45) is 3.68. The van der Waals surface area contributed by atoms with Gasteiger partial charge in [-0.3, -0.25) is 16.0 Å². The summed E-state index contributed by atoms with van der Waals surface area (Å²) in [7, 11) is 0. The number of hydrazine groups is 1. The Morgan fingerprint density at radius 2 is 2.06 bits per heavy atom. The summed E-state index contributed by atoms with van der Waals surface area (Å²) in [4.78, 5) is 10.4. The van der Waals surface area contributed by atoms with Gasteiger partial charge in [-0.15, -0.1) is 0 Å². The minimum absolute atomic E-state index is 0.0340. The molecule has 0 spiro atoms. The predicted molar refractivity (Wildman–Crippen MR) is 71.4 cm³/mol. The zero-order valence-corrected chi connectivity index (χ0v) is 10.4. The van der Waals surface area contributed by atoms with E-state index in [1.54, 1.807) is 6.07 Å². The molecule has 4 N–H and O–H groups in total. The lowest BCUT2D eigenvalue weighted by Gasteiger charge is -2.38. The number of benzene rings is 1. The van der Waals surface area contributed by atoms with Gasteiger partial charge in [-0.05, 0) is 24.3 Å². The number of hydrogen-bond donors (Lipinski definition) is 3. The number of nitro groups is 1. The van der Waals surface area contributed by atoms with Gasteiger partial charge in [0, 0.05) is 24.4 Å². The molecule has 18 heavy (non-hydrogen) atoms. The van der Waals surface area contributed by atoms with E-state index >= 15 is 0 Å². The zero-order chi connectivity index (χ0) is 13.2. The second kappa shape index (κ2) is 4.81. The highest BCUT2D eigenvalue weighted by Gasteiger charge is 2.31. The third-order valence-corrected chi connectivity index (χ3v) is 3.58. The molecule has 6 heteroatoms. The molecule has 1 aliphatic carbocycles. The number of nitrogens with zero attached hydrogens (tertiary/aromatic N) is 1. The molecular weight excluding hydrogens is 232 g/mol. The highest BCUT2D eigenvalue weighted by Crippen LogP contribution is 2.40. The van der Waals surface area contributed by atoms with E-state index in [-0.39, 0.29) is 5.69 Å². The SMILES string of the molecule is CC1(CNc2cc(NN)cc([N+](=O)[O-])c2)CCC1. The van der Waals surface area contributed by atoms with Crippen molar-refractivity contribution in [3.63, 3.8) is 0 Å². The van der Waals surface area contributed by atoms with Crippen LogP contribution in [0.4, 0.5) is 17.1 Å². The van der Waals surface area contributed by atoms with Crippen molar-refractivity contribution in [2.45, 2.75) is 26.2 Å². The Labute approximate surface area is 106 Å². The maximum atomic E-state index is 10.8. The fourth-order valence-electron chi connectivity index (χ4n) is 2.17. The molecule has 0 aliphatic heterocycles. The first-order valence-electron chi connectivity index (χ1n) is 6.02. The Kier molecular flexibility index (Phi) is 3.38. The highest BCUT2D eigenvalue weighted by atomic mass is 16.6. The van der Waals surface area contributed by atoms with E-state index in [1.807, 2.05) is 0 Å². The molecular formula is C12H18N4O2. The molecule has 2 rings (SSSR count). The minimum atomic E-state index is -0.420. The number of non-ortho nitro benzene ring substituents is 1. The summed E-state index contributed by atoms with van der Waals surface area (Å²) in [5, 5.41) is 14.1. The molecule has 0 aromatic heterocycles. The molecule has 0 heterocycles. The summed E-state index contributed by atoms with van der Waals surface area (Å²) in [5.74, 6) is 5.31. The average molecular weight is 250 g/mol. The van der Waals surface area contributed by atoms with Crippen LogP contribution in [0.3, 0.4) is 0 Å². The molecule has 0 saturated heterocycles. The lowest BCUT2D eigenvalue weighted by atomic mass is 9.70. The second-order valence-corrected chi connectivity index (χ2v) is 5.19. The first-order valence-corrected chi connectivity index (χ1v) is 6.02. The van der Waals surface area contributed by atoms with Gasteiger partial charge in [0.25, 0.3) is 5.69 Å². The van der Waals surface area contributed by atoms with Crippen molar-refractivity contribution in [1.82, 2.24) is 0 Å². The number of rotatable bonds is 5. The molecule has 1 saturated carbocycles. The summed E-state index contributed by atoms with van der Waals surface area (Å²) in [6, 6.07) is 4.72. The summed E-state index contributed by atoms with van der Waals surface area (Å²) < 4.78 is 0. The molecule has 0 unspecified atom stereocenters. The van der Waals surface area contributed by atoms with E-state index in [9.17, 15) is 10.1 Å². The molecule has 0 radical (unpaired) electrons. The summed E-state index contributed by atoms with van der Waals surface area (Å²) >= 11 is 0. The lowest BCUT2D eigenvalue weighted by molar-refractivity contribution is -0.384. The summed E-state index contributed by atoms with van der Waals surface area (Å²) in [5.41, 5.74) is 4.06. The average Bonchev–Trinajstić information content (AvgIpc) is 2.33. The molecule has 0 bridgehead atoms. The molecule has 6 nitrogen and oxygen atoms in total. The van der Waals surface area contributed by atoms with Gasteiger partial charge in [-0.25, -0.2) is 0 Å². The molecule has 1 fully saturated rings. The van der Waals surface area contributed by atoms with Crippen molar-refractivity contribution in [2.24, 2.45) is 11.3 Å². The van der Waals surface area contributed by atoms with Crippen molar-refractivity contribution in [3.8, 4) is 0 Å². The zero-order valence-electron chi connectivity index (χ0n) is 10.4. The number of nitrogens with one attached hydrogen (secondary N) is 2. The van der Waals surface area contributed by atoms with Crippen LogP contribution in [0.15, 0.2) is 18.2 Å². The van der Waals surface area contributed by atoms with E-state index in [0.717, 1.165) is 12.2 Å². The van der Waals surface area contributed by atoms with Gasteiger partial charge < -0.3 is 10.7 Å². The smallest absolute Gasteiger partial charge is 0.273 e. The summed E-state index contributed by atoms with van der Waals surface area (Å²) in [6.45, 7) is 3.06. The first-order chi connectivity index (χ1) is 8.52. The maximum Gasteiger partial charge on any atom is 0.273 e. The second-order valence-electron chi connectivity index (χ2n) is 5.19. The van der Waals surface area contributed by atoms with Crippen LogP contribution < -0.4 is 16.6 Å². The van der Waals surface area contributed by atoms with E-state index in [0.29, 0.717) is 11.1 Å². The van der Waals surface area contributed by atoms with Crippen LogP contribution in [0.25, 0.3) is 0 Å². The Morgan fingerprint density at radius 3 is 2.56 bits per heavy atom. The van der Waals surface area contributed by atoms with Crippen LogP contribution in [-0.2, 0) is 0 Å². The van der Waals surface area contributed by atoms with Gasteiger partial charge in [0.15, 0.2) is 0 Å². The molecule has 1 aromatic rings. The monoisotopic (exact) mass is 250 g/mol. The van der Waals surface area contributed by atoms with Gasteiger partial charge in [0.2, 0.25) is 0 Å². The Morgan fingerprint density at radius 1 is 1.39 bits per heavy atom. The fraction of sp³-hybridized carbons (Fsp3) is 0.500. The van der Waals surface area contributed by atoms with E-state index < -0.39 is 4.92 Å². The van der Waals surface area contributed by atoms with Crippen molar-refractivity contribution < 1.29 is 4.92 Å². The van der Waals surface area contributed by atoms with Crippen LogP contribution in [0, 0.1) is 15.5 Å². The standard InChI is InChI=1S/C12H18N4O2/c1-12(3-2-4-12)8-14-9-5-10(15-13)7-11(6-9)16(17)18/h5-7,14-15H,2-4,8,13H2,1H3. The first kappa shape index (κ1) is 12.6. The van der Waals surface area contributed by atoms with E-state index in [4.69, 9.17) is 5.84 Å². The van der Waals surface area contributed by atoms with E-state index in [1.165, 1.54) is 31.4 Å². The topological polar surface area (TPSA) is 93.2 Å². The number of anilines is 2. The van der Waals surface area contributed by atoms with Crippen molar-refractivity contribution in [3.05, 3.63) is 28.3 Å². The van der Waals surface area contributed by atoms with E-state index in [2.05, 4.69) is 17.7 Å².